The maximum absolute atomic E-state index is 12.6. The molecule has 1 fully saturated rings. The van der Waals surface area contributed by atoms with Gasteiger partial charge in [0, 0.05) is 16.7 Å². The summed E-state index contributed by atoms with van der Waals surface area (Å²) in [5.41, 5.74) is 0.602. The van der Waals surface area contributed by atoms with Gasteiger partial charge in [-0.15, -0.1) is 11.8 Å². The van der Waals surface area contributed by atoms with Crippen LogP contribution in [0.3, 0.4) is 0 Å². The van der Waals surface area contributed by atoms with Gasteiger partial charge in [-0.05, 0) is 31.4 Å². The number of amides is 2. The fraction of sp³-hybridized carbons (Fsp3) is 0.500. The molecule has 112 valence electrons. The molecule has 1 saturated heterocycles. The van der Waals surface area contributed by atoms with Gasteiger partial charge < -0.3 is 10.2 Å². The molecule has 2 aliphatic heterocycles. The molecule has 4 nitrogen and oxygen atoms in total. The molecule has 2 atom stereocenters. The fourth-order valence-corrected chi connectivity index (χ4v) is 4.32. The van der Waals surface area contributed by atoms with Crippen LogP contribution in [0.2, 0.25) is 0 Å². The van der Waals surface area contributed by atoms with Crippen LogP contribution in [0.4, 0.5) is 0 Å². The van der Waals surface area contributed by atoms with Crippen LogP contribution in [0.15, 0.2) is 29.2 Å². The summed E-state index contributed by atoms with van der Waals surface area (Å²) in [6, 6.07) is 8.36. The van der Waals surface area contributed by atoms with Crippen LogP contribution in [0.5, 0.6) is 0 Å². The van der Waals surface area contributed by atoms with E-state index in [1.165, 1.54) is 10.5 Å². The lowest BCUT2D eigenvalue weighted by Crippen LogP contribution is -2.65. The lowest BCUT2D eigenvalue weighted by molar-refractivity contribution is -0.149. The van der Waals surface area contributed by atoms with Crippen LogP contribution < -0.4 is 5.32 Å². The molecule has 0 aromatic heterocycles. The summed E-state index contributed by atoms with van der Waals surface area (Å²) in [6.07, 6.45) is 1.58. The van der Waals surface area contributed by atoms with Crippen LogP contribution in [0, 0.1) is 0 Å². The van der Waals surface area contributed by atoms with Crippen LogP contribution in [-0.2, 0) is 16.0 Å². The Labute approximate surface area is 129 Å². The molecule has 2 unspecified atom stereocenters. The Bertz CT molecular complexity index is 564. The molecule has 5 heteroatoms. The molecule has 1 aromatic carbocycles. The standard InChI is InChI=1S/C16H20N2O2S/c1-3-16(2)15(20)18(10-14(19)17-16)9-12-8-11-6-4-5-7-13(11)21-12/h4-7,12H,3,8-10H2,1-2H3,(H,17,19). The molecular weight excluding hydrogens is 284 g/mol. The number of carbonyl (C=O) groups excluding carboxylic acids is 2. The summed E-state index contributed by atoms with van der Waals surface area (Å²) in [5, 5.41) is 3.17. The highest BCUT2D eigenvalue weighted by Gasteiger charge is 2.42. The smallest absolute Gasteiger partial charge is 0.248 e. The van der Waals surface area contributed by atoms with Gasteiger partial charge >= 0.3 is 0 Å². The highest BCUT2D eigenvalue weighted by Crippen LogP contribution is 2.37. The molecule has 1 N–H and O–H groups in total. The van der Waals surface area contributed by atoms with Crippen molar-refractivity contribution < 1.29 is 9.59 Å². The molecular formula is C16H20N2O2S. The fourth-order valence-electron chi connectivity index (χ4n) is 2.98. The van der Waals surface area contributed by atoms with Crippen molar-refractivity contribution in [3.05, 3.63) is 29.8 Å². The molecule has 0 radical (unpaired) electrons. The Kier molecular flexibility index (Phi) is 3.69. The third kappa shape index (κ3) is 2.67. The average Bonchev–Trinajstić information content (AvgIpc) is 2.86. The number of nitrogens with zero attached hydrogens (tertiary/aromatic N) is 1. The van der Waals surface area contributed by atoms with Gasteiger partial charge in [0.05, 0.1) is 6.54 Å². The maximum Gasteiger partial charge on any atom is 0.248 e. The number of rotatable bonds is 3. The SMILES string of the molecule is CCC1(C)NC(=O)CN(CC2Cc3ccccc3S2)C1=O. The number of nitrogens with one attached hydrogen (secondary N) is 1. The zero-order valence-corrected chi connectivity index (χ0v) is 13.2. The third-order valence-corrected chi connectivity index (χ3v) is 5.66. The number of hydrogen-bond donors (Lipinski definition) is 1. The quantitative estimate of drug-likeness (QED) is 0.927. The Hall–Kier alpha value is -1.49. The van der Waals surface area contributed by atoms with E-state index in [4.69, 9.17) is 0 Å². The topological polar surface area (TPSA) is 49.4 Å². The summed E-state index contributed by atoms with van der Waals surface area (Å²) in [5.74, 6) is -0.0133. The van der Waals surface area contributed by atoms with Crippen LogP contribution in [0.1, 0.15) is 25.8 Å². The first-order valence-electron chi connectivity index (χ1n) is 7.37. The summed E-state index contributed by atoms with van der Waals surface area (Å²) in [6.45, 7) is 4.57. The first-order valence-corrected chi connectivity index (χ1v) is 8.25. The molecule has 2 amide bonds. The van der Waals surface area contributed by atoms with Gasteiger partial charge in [-0.3, -0.25) is 9.59 Å². The second-order valence-electron chi connectivity index (χ2n) is 5.97. The van der Waals surface area contributed by atoms with Crippen molar-refractivity contribution in [3.63, 3.8) is 0 Å². The molecule has 0 saturated carbocycles. The van der Waals surface area contributed by atoms with E-state index < -0.39 is 5.54 Å². The third-order valence-electron chi connectivity index (χ3n) is 4.35. The lowest BCUT2D eigenvalue weighted by atomic mass is 9.94. The maximum atomic E-state index is 12.6. The van der Waals surface area contributed by atoms with E-state index in [9.17, 15) is 9.59 Å². The number of thioether (sulfide) groups is 1. The van der Waals surface area contributed by atoms with Gasteiger partial charge in [0.1, 0.15) is 5.54 Å². The molecule has 0 bridgehead atoms. The predicted octanol–water partition coefficient (Wildman–Crippen LogP) is 1.83. The van der Waals surface area contributed by atoms with E-state index in [-0.39, 0.29) is 18.4 Å². The first-order chi connectivity index (χ1) is 10.0. The second-order valence-corrected chi connectivity index (χ2v) is 7.31. The minimum Gasteiger partial charge on any atom is -0.340 e. The van der Waals surface area contributed by atoms with Crippen molar-refractivity contribution in [1.29, 1.82) is 0 Å². The highest BCUT2D eigenvalue weighted by molar-refractivity contribution is 8.00. The zero-order chi connectivity index (χ0) is 15.0. The molecule has 1 aromatic rings. The second kappa shape index (κ2) is 5.37. The Morgan fingerprint density at radius 2 is 2.14 bits per heavy atom. The van der Waals surface area contributed by atoms with Crippen molar-refractivity contribution in [2.75, 3.05) is 13.1 Å². The largest absolute Gasteiger partial charge is 0.340 e. The summed E-state index contributed by atoms with van der Waals surface area (Å²) in [7, 11) is 0. The van der Waals surface area contributed by atoms with Crippen molar-refractivity contribution in [1.82, 2.24) is 10.2 Å². The van der Waals surface area contributed by atoms with Gasteiger partial charge in [-0.2, -0.15) is 0 Å². The molecule has 21 heavy (non-hydrogen) atoms. The Morgan fingerprint density at radius 3 is 2.86 bits per heavy atom. The molecule has 0 aliphatic carbocycles. The van der Waals surface area contributed by atoms with E-state index in [0.717, 1.165) is 6.42 Å². The molecule has 3 rings (SSSR count). The minimum absolute atomic E-state index is 0.0427. The number of hydrogen-bond acceptors (Lipinski definition) is 3. The number of piperazine rings is 1. The van der Waals surface area contributed by atoms with Crippen molar-refractivity contribution in [2.24, 2.45) is 0 Å². The lowest BCUT2D eigenvalue weighted by Gasteiger charge is -2.40. The Morgan fingerprint density at radius 1 is 1.38 bits per heavy atom. The highest BCUT2D eigenvalue weighted by atomic mass is 32.2. The average molecular weight is 304 g/mol. The van der Waals surface area contributed by atoms with E-state index >= 15 is 0 Å². The van der Waals surface area contributed by atoms with Crippen molar-refractivity contribution >= 4 is 23.6 Å². The van der Waals surface area contributed by atoms with Crippen molar-refractivity contribution in [2.45, 2.75) is 42.4 Å². The normalized spacial score (nSPS) is 28.5. The van der Waals surface area contributed by atoms with Crippen LogP contribution in [0.25, 0.3) is 0 Å². The summed E-state index contributed by atoms with van der Waals surface area (Å²) < 4.78 is 0. The molecule has 0 spiro atoms. The molecule has 2 aliphatic rings. The Balaban J connectivity index is 1.71. The monoisotopic (exact) mass is 304 g/mol. The summed E-state index contributed by atoms with van der Waals surface area (Å²) >= 11 is 1.82. The van der Waals surface area contributed by atoms with E-state index in [0.29, 0.717) is 18.2 Å². The minimum atomic E-state index is -0.745. The van der Waals surface area contributed by atoms with Crippen LogP contribution >= 0.6 is 11.8 Å². The molecule has 2 heterocycles. The van der Waals surface area contributed by atoms with Gasteiger partial charge in [0.25, 0.3) is 0 Å². The first kappa shape index (κ1) is 14.4. The van der Waals surface area contributed by atoms with Gasteiger partial charge in [0.15, 0.2) is 0 Å². The van der Waals surface area contributed by atoms with E-state index in [1.54, 1.807) is 4.90 Å². The summed E-state index contributed by atoms with van der Waals surface area (Å²) in [4.78, 5) is 27.5. The van der Waals surface area contributed by atoms with Crippen LogP contribution in [-0.4, -0.2) is 40.6 Å². The zero-order valence-electron chi connectivity index (χ0n) is 12.4. The number of carbonyl (C=O) groups is 2. The van der Waals surface area contributed by atoms with Gasteiger partial charge in [-0.25, -0.2) is 0 Å². The predicted molar refractivity (Wildman–Crippen MR) is 83.2 cm³/mol. The van der Waals surface area contributed by atoms with Crippen molar-refractivity contribution in [3.8, 4) is 0 Å². The van der Waals surface area contributed by atoms with Gasteiger partial charge in [0.2, 0.25) is 11.8 Å². The number of benzene rings is 1. The van der Waals surface area contributed by atoms with Gasteiger partial charge in [-0.1, -0.05) is 25.1 Å². The van der Waals surface area contributed by atoms with E-state index in [1.807, 2.05) is 31.7 Å². The number of fused-ring (bicyclic) bond motifs is 1. The van der Waals surface area contributed by atoms with E-state index in [2.05, 4.69) is 23.5 Å².